The number of hydrogen-bond donors (Lipinski definition) is 1. The summed E-state index contributed by atoms with van der Waals surface area (Å²) >= 11 is 17.3. The highest BCUT2D eigenvalue weighted by Crippen LogP contribution is 2.38. The van der Waals surface area contributed by atoms with Crippen LogP contribution in [0.1, 0.15) is 17.4 Å². The van der Waals surface area contributed by atoms with E-state index in [4.69, 9.17) is 63.9 Å². The Morgan fingerprint density at radius 2 is 1.76 bits per heavy atom. The van der Waals surface area contributed by atoms with E-state index in [1.54, 1.807) is 0 Å². The van der Waals surface area contributed by atoms with Gasteiger partial charge in [0.2, 0.25) is 12.2 Å². The summed E-state index contributed by atoms with van der Waals surface area (Å²) < 4.78 is 27.6. The Bertz CT molecular complexity index is 1020. The van der Waals surface area contributed by atoms with Crippen LogP contribution in [0.3, 0.4) is 0 Å². The highest BCUT2D eigenvalue weighted by Gasteiger charge is 2.52. The summed E-state index contributed by atoms with van der Waals surface area (Å²) in [7, 11) is 0. The van der Waals surface area contributed by atoms with Crippen LogP contribution >= 0.6 is 34.8 Å². The largest absolute Gasteiger partial charge is 0.448 e. The minimum absolute atomic E-state index is 0.138. The van der Waals surface area contributed by atoms with Crippen molar-refractivity contribution in [3.8, 4) is 0 Å². The number of ether oxygens (including phenoxy) is 5. The molecule has 2 aromatic rings. The van der Waals surface area contributed by atoms with Crippen LogP contribution in [-0.4, -0.2) is 46.9 Å². The van der Waals surface area contributed by atoms with Gasteiger partial charge < -0.3 is 23.7 Å². The smallest absolute Gasteiger partial charge is 0.265 e. The molecular weight excluding hydrogens is 507 g/mol. The van der Waals surface area contributed by atoms with Gasteiger partial charge in [-0.1, -0.05) is 101 Å². The Hall–Kier alpha value is -2.07. The average Bonchev–Trinajstić information content (AvgIpc) is 2.84. The molecule has 0 aliphatic carbocycles. The molecule has 0 saturated carbocycles. The van der Waals surface area contributed by atoms with Crippen LogP contribution in [0, 0.1) is 5.41 Å². The summed E-state index contributed by atoms with van der Waals surface area (Å²) in [5.41, 5.74) is 11.0. The van der Waals surface area contributed by atoms with Crippen molar-refractivity contribution in [2.45, 2.75) is 47.3 Å². The number of azide groups is 1. The second-order valence-corrected chi connectivity index (χ2v) is 9.90. The zero-order valence-corrected chi connectivity index (χ0v) is 19.9. The Morgan fingerprint density at radius 1 is 1.09 bits per heavy atom. The highest BCUT2D eigenvalue weighted by molar-refractivity contribution is 6.76. The van der Waals surface area contributed by atoms with Crippen molar-refractivity contribution in [3.05, 3.63) is 82.2 Å². The molecule has 2 aromatic carbocycles. The summed E-state index contributed by atoms with van der Waals surface area (Å²) in [5, 5.41) is 11.8. The molecule has 0 radical (unpaired) electrons. The van der Waals surface area contributed by atoms with Crippen molar-refractivity contribution < 1.29 is 23.7 Å². The number of rotatable bonds is 6. The predicted molar refractivity (Wildman–Crippen MR) is 126 cm³/mol. The number of nitrogens with zero attached hydrogens (tertiary/aromatic N) is 3. The van der Waals surface area contributed by atoms with Crippen molar-refractivity contribution in [3.63, 3.8) is 0 Å². The first-order chi connectivity index (χ1) is 16.4. The average molecular weight is 528 g/mol. The molecule has 0 bridgehead atoms. The molecular formula is C22H21Cl3N4O5. The van der Waals surface area contributed by atoms with Gasteiger partial charge in [-0.3, -0.25) is 5.41 Å². The SMILES string of the molecule is [N-]=[N+]=N[C@H]1[C@H](OC(=N)C(Cl)(Cl)Cl)O[C@@H]2COC(c3ccccc3)O[C@H]2[C@@H]1OCc1ccccc1. The van der Waals surface area contributed by atoms with Gasteiger partial charge in [-0.2, -0.15) is 0 Å². The minimum atomic E-state index is -2.13. The molecule has 34 heavy (non-hydrogen) atoms. The molecule has 2 heterocycles. The van der Waals surface area contributed by atoms with Gasteiger partial charge in [0, 0.05) is 10.5 Å². The van der Waals surface area contributed by atoms with Gasteiger partial charge in [-0.25, -0.2) is 0 Å². The summed E-state index contributed by atoms with van der Waals surface area (Å²) in [6.07, 6.45) is -4.06. The van der Waals surface area contributed by atoms with E-state index in [-0.39, 0.29) is 13.2 Å². The maximum absolute atomic E-state index is 9.25. The van der Waals surface area contributed by atoms with Crippen LogP contribution in [0.25, 0.3) is 10.4 Å². The van der Waals surface area contributed by atoms with E-state index in [1.165, 1.54) is 0 Å². The fraction of sp³-hybridized carbons (Fsp3) is 0.409. The first-order valence-corrected chi connectivity index (χ1v) is 11.5. The first kappa shape index (κ1) is 25.0. The van der Waals surface area contributed by atoms with E-state index in [0.29, 0.717) is 0 Å². The van der Waals surface area contributed by atoms with Crippen LogP contribution < -0.4 is 0 Å². The Balaban J connectivity index is 1.61. The molecule has 2 aliphatic heterocycles. The van der Waals surface area contributed by atoms with E-state index in [0.717, 1.165) is 11.1 Å². The molecule has 4 rings (SSSR count). The van der Waals surface area contributed by atoms with Crippen molar-refractivity contribution >= 4 is 40.7 Å². The van der Waals surface area contributed by atoms with Crippen LogP contribution in [-0.2, 0) is 30.3 Å². The summed E-state index contributed by atoms with van der Waals surface area (Å²) in [4.78, 5) is 2.93. The Morgan fingerprint density at radius 3 is 2.41 bits per heavy atom. The quantitative estimate of drug-likeness (QED) is 0.134. The van der Waals surface area contributed by atoms with Gasteiger partial charge in [0.1, 0.15) is 24.4 Å². The van der Waals surface area contributed by atoms with Gasteiger partial charge in [0.15, 0.2) is 6.29 Å². The lowest BCUT2D eigenvalue weighted by Crippen LogP contribution is -2.62. The second kappa shape index (κ2) is 11.1. The molecule has 0 spiro atoms. The predicted octanol–water partition coefficient (Wildman–Crippen LogP) is 5.45. The molecule has 2 aliphatic rings. The fourth-order valence-electron chi connectivity index (χ4n) is 3.76. The van der Waals surface area contributed by atoms with Crippen molar-refractivity contribution in [1.29, 1.82) is 5.41 Å². The van der Waals surface area contributed by atoms with Crippen LogP contribution in [0.5, 0.6) is 0 Å². The van der Waals surface area contributed by atoms with E-state index in [2.05, 4.69) is 10.0 Å². The normalized spacial score (nSPS) is 28.9. The summed E-state index contributed by atoms with van der Waals surface area (Å²) in [5.74, 6) is -0.680. The molecule has 6 atom stereocenters. The lowest BCUT2D eigenvalue weighted by molar-refractivity contribution is -0.339. The van der Waals surface area contributed by atoms with Gasteiger partial charge in [0.25, 0.3) is 3.79 Å². The molecule has 0 aromatic heterocycles. The number of halogens is 3. The maximum Gasteiger partial charge on any atom is 0.265 e. The molecule has 0 amide bonds. The van der Waals surface area contributed by atoms with E-state index in [1.807, 2.05) is 60.7 Å². The van der Waals surface area contributed by atoms with Crippen molar-refractivity contribution in [2.75, 3.05) is 6.61 Å². The standard InChI is InChI=1S/C22H21Cl3N4O5/c23-22(24,25)21(26)34-20-16(28-29-27)18(30-11-13-7-3-1-4-8-13)17-15(32-20)12-31-19(33-17)14-9-5-2-6-10-14/h1-10,15-20,26H,11-12H2/t15-,16-,17-,18-,19?,20+/m1/s1. The first-order valence-electron chi connectivity index (χ1n) is 10.4. The van der Waals surface area contributed by atoms with Gasteiger partial charge in [-0.15, -0.1) is 0 Å². The Labute approximate surface area is 210 Å². The molecule has 2 fully saturated rings. The lowest BCUT2D eigenvalue weighted by Gasteiger charge is -2.48. The number of hydrogen-bond acceptors (Lipinski definition) is 7. The third-order valence-electron chi connectivity index (χ3n) is 5.34. The second-order valence-electron chi connectivity index (χ2n) is 7.62. The summed E-state index contributed by atoms with van der Waals surface area (Å²) in [6, 6.07) is 17.9. The topological polar surface area (TPSA) is 119 Å². The van der Waals surface area contributed by atoms with Crippen LogP contribution in [0.2, 0.25) is 0 Å². The van der Waals surface area contributed by atoms with Crippen molar-refractivity contribution in [2.24, 2.45) is 5.11 Å². The number of alkyl halides is 3. The van der Waals surface area contributed by atoms with Gasteiger partial charge >= 0.3 is 0 Å². The molecule has 1 unspecified atom stereocenters. The number of benzene rings is 2. The molecule has 1 N–H and O–H groups in total. The zero-order chi connectivity index (χ0) is 24.1. The van der Waals surface area contributed by atoms with E-state index >= 15 is 0 Å². The molecule has 9 nitrogen and oxygen atoms in total. The maximum atomic E-state index is 9.25. The molecule has 180 valence electrons. The number of nitrogens with one attached hydrogen (secondary N) is 1. The highest BCUT2D eigenvalue weighted by atomic mass is 35.6. The lowest BCUT2D eigenvalue weighted by atomic mass is 9.96. The zero-order valence-electron chi connectivity index (χ0n) is 17.7. The molecule has 12 heteroatoms. The number of fused-ring (bicyclic) bond motifs is 1. The monoisotopic (exact) mass is 526 g/mol. The third kappa shape index (κ3) is 5.94. The van der Waals surface area contributed by atoms with Crippen LogP contribution in [0.15, 0.2) is 65.8 Å². The Kier molecular flexibility index (Phi) is 8.18. The van der Waals surface area contributed by atoms with Crippen LogP contribution in [0.4, 0.5) is 0 Å². The third-order valence-corrected chi connectivity index (χ3v) is 5.86. The summed E-state index contributed by atoms with van der Waals surface area (Å²) in [6.45, 7) is 0.348. The van der Waals surface area contributed by atoms with Gasteiger partial charge in [-0.05, 0) is 11.1 Å². The molecule has 2 saturated heterocycles. The minimum Gasteiger partial charge on any atom is -0.448 e. The van der Waals surface area contributed by atoms with E-state index in [9.17, 15) is 5.53 Å². The fourth-order valence-corrected chi connectivity index (χ4v) is 3.89. The van der Waals surface area contributed by atoms with Gasteiger partial charge in [0.05, 0.1) is 13.2 Å². The van der Waals surface area contributed by atoms with Crippen molar-refractivity contribution in [1.82, 2.24) is 0 Å². The van der Waals surface area contributed by atoms with E-state index < -0.39 is 46.6 Å².